The SMILES string of the molecule is CC1CCCC(Nc2nc(C(F)(F)F)ns2)CC1. The zero-order valence-electron chi connectivity index (χ0n) is 10.1. The number of hydrogen-bond acceptors (Lipinski definition) is 4. The van der Waals surface area contributed by atoms with E-state index >= 15 is 0 Å². The quantitative estimate of drug-likeness (QED) is 0.833. The van der Waals surface area contributed by atoms with Gasteiger partial charge in [0.15, 0.2) is 0 Å². The van der Waals surface area contributed by atoms with Gasteiger partial charge in [-0.2, -0.15) is 22.5 Å². The maximum Gasteiger partial charge on any atom is 0.452 e. The van der Waals surface area contributed by atoms with Crippen LogP contribution in [-0.2, 0) is 6.18 Å². The van der Waals surface area contributed by atoms with Crippen LogP contribution in [0.5, 0.6) is 0 Å². The van der Waals surface area contributed by atoms with Crippen LogP contribution in [0.25, 0.3) is 0 Å². The van der Waals surface area contributed by atoms with Gasteiger partial charge >= 0.3 is 6.18 Å². The van der Waals surface area contributed by atoms with Crippen LogP contribution in [0.2, 0.25) is 0 Å². The average molecular weight is 279 g/mol. The molecule has 1 fully saturated rings. The van der Waals surface area contributed by atoms with Crippen LogP contribution in [0.3, 0.4) is 0 Å². The molecule has 3 nitrogen and oxygen atoms in total. The molecule has 102 valence electrons. The molecule has 0 aromatic carbocycles. The second-order valence-electron chi connectivity index (χ2n) is 4.88. The van der Waals surface area contributed by atoms with Crippen molar-refractivity contribution in [1.29, 1.82) is 0 Å². The average Bonchev–Trinajstić information content (AvgIpc) is 2.65. The molecule has 0 amide bonds. The smallest absolute Gasteiger partial charge is 0.358 e. The third-order valence-electron chi connectivity index (χ3n) is 3.26. The zero-order chi connectivity index (χ0) is 13.2. The van der Waals surface area contributed by atoms with Crippen LogP contribution in [0.1, 0.15) is 44.9 Å². The van der Waals surface area contributed by atoms with Gasteiger partial charge in [0.25, 0.3) is 0 Å². The van der Waals surface area contributed by atoms with Crippen LogP contribution in [0.15, 0.2) is 0 Å². The lowest BCUT2D eigenvalue weighted by Crippen LogP contribution is -2.18. The summed E-state index contributed by atoms with van der Waals surface area (Å²) in [4.78, 5) is 3.50. The van der Waals surface area contributed by atoms with E-state index in [1.807, 2.05) is 0 Å². The fourth-order valence-corrected chi connectivity index (χ4v) is 2.87. The Kier molecular flexibility index (Phi) is 4.09. The van der Waals surface area contributed by atoms with Gasteiger partial charge in [-0.25, -0.2) is 0 Å². The molecule has 0 aliphatic heterocycles. The number of anilines is 1. The first-order valence-electron chi connectivity index (χ1n) is 6.12. The standard InChI is InChI=1S/C11H16F3N3S/c1-7-3-2-4-8(6-5-7)15-10-16-9(17-18-10)11(12,13)14/h7-8H,2-6H2,1H3,(H,15,16,17). The van der Waals surface area contributed by atoms with Crippen LogP contribution in [0, 0.1) is 5.92 Å². The largest absolute Gasteiger partial charge is 0.452 e. The van der Waals surface area contributed by atoms with E-state index in [0.717, 1.165) is 37.2 Å². The van der Waals surface area contributed by atoms with Crippen molar-refractivity contribution in [1.82, 2.24) is 9.36 Å². The molecule has 1 saturated carbocycles. The molecular weight excluding hydrogens is 263 g/mol. The highest BCUT2D eigenvalue weighted by molar-refractivity contribution is 7.09. The fraction of sp³-hybridized carbons (Fsp3) is 0.818. The lowest BCUT2D eigenvalue weighted by molar-refractivity contribution is -0.144. The Bertz CT molecular complexity index is 391. The summed E-state index contributed by atoms with van der Waals surface area (Å²) in [6.45, 7) is 2.22. The van der Waals surface area contributed by atoms with Gasteiger partial charge in [0.2, 0.25) is 11.0 Å². The van der Waals surface area contributed by atoms with E-state index < -0.39 is 12.0 Å². The van der Waals surface area contributed by atoms with Gasteiger partial charge in [0.05, 0.1) is 0 Å². The van der Waals surface area contributed by atoms with Gasteiger partial charge in [-0.05, 0) is 25.2 Å². The van der Waals surface area contributed by atoms with Gasteiger partial charge in [-0.3, -0.25) is 0 Å². The minimum Gasteiger partial charge on any atom is -0.358 e. The zero-order valence-corrected chi connectivity index (χ0v) is 10.9. The lowest BCUT2D eigenvalue weighted by Gasteiger charge is -2.14. The molecular formula is C11H16F3N3S. The molecule has 0 bridgehead atoms. The monoisotopic (exact) mass is 279 g/mol. The molecule has 1 aliphatic rings. The molecule has 1 aromatic rings. The number of halogens is 3. The van der Waals surface area contributed by atoms with E-state index in [9.17, 15) is 13.2 Å². The van der Waals surface area contributed by atoms with Gasteiger partial charge < -0.3 is 5.32 Å². The molecule has 0 radical (unpaired) electrons. The predicted octanol–water partition coefficient (Wildman–Crippen LogP) is 3.94. The van der Waals surface area contributed by atoms with E-state index in [4.69, 9.17) is 0 Å². The summed E-state index contributed by atoms with van der Waals surface area (Å²) < 4.78 is 40.4. The minimum absolute atomic E-state index is 0.226. The van der Waals surface area contributed by atoms with E-state index in [1.54, 1.807) is 0 Å². The third-order valence-corrected chi connectivity index (χ3v) is 3.91. The van der Waals surface area contributed by atoms with Gasteiger partial charge in [0, 0.05) is 17.6 Å². The molecule has 1 N–H and O–H groups in total. The Balaban J connectivity index is 1.95. The highest BCUT2D eigenvalue weighted by Crippen LogP contribution is 2.30. The maximum atomic E-state index is 12.3. The van der Waals surface area contributed by atoms with Gasteiger partial charge in [0.1, 0.15) is 0 Å². The summed E-state index contributed by atoms with van der Waals surface area (Å²) in [6.07, 6.45) is 0.955. The normalized spacial score (nSPS) is 25.8. The topological polar surface area (TPSA) is 37.8 Å². The Morgan fingerprint density at radius 2 is 2.00 bits per heavy atom. The van der Waals surface area contributed by atoms with Crippen LogP contribution < -0.4 is 5.32 Å². The van der Waals surface area contributed by atoms with Crippen LogP contribution in [0.4, 0.5) is 18.3 Å². The summed E-state index contributed by atoms with van der Waals surface area (Å²) in [6, 6.07) is 0.226. The second kappa shape index (κ2) is 5.42. The Hall–Kier alpha value is -0.850. The molecule has 7 heteroatoms. The summed E-state index contributed by atoms with van der Waals surface area (Å²) in [7, 11) is 0. The number of rotatable bonds is 2. The van der Waals surface area contributed by atoms with E-state index in [1.165, 1.54) is 6.42 Å². The predicted molar refractivity (Wildman–Crippen MR) is 64.6 cm³/mol. The van der Waals surface area contributed by atoms with Gasteiger partial charge in [-0.1, -0.05) is 19.8 Å². The summed E-state index contributed by atoms with van der Waals surface area (Å²) >= 11 is 0.785. The highest BCUT2D eigenvalue weighted by atomic mass is 32.1. The minimum atomic E-state index is -4.45. The number of aromatic nitrogens is 2. The molecule has 0 saturated heterocycles. The molecule has 2 unspecified atom stereocenters. The van der Waals surface area contributed by atoms with Gasteiger partial charge in [-0.15, -0.1) is 0 Å². The molecule has 18 heavy (non-hydrogen) atoms. The fourth-order valence-electron chi connectivity index (χ4n) is 2.20. The molecule has 0 spiro atoms. The van der Waals surface area contributed by atoms with Crippen LogP contribution in [-0.4, -0.2) is 15.4 Å². The first kappa shape index (κ1) is 13.6. The first-order valence-corrected chi connectivity index (χ1v) is 6.90. The van der Waals surface area contributed by atoms with Crippen molar-refractivity contribution >= 4 is 16.7 Å². The first-order chi connectivity index (χ1) is 8.45. The van der Waals surface area contributed by atoms with Crippen LogP contribution >= 0.6 is 11.5 Å². The molecule has 1 aromatic heterocycles. The van der Waals surface area contributed by atoms with Crippen molar-refractivity contribution in [2.45, 2.75) is 51.2 Å². The number of hydrogen-bond donors (Lipinski definition) is 1. The molecule has 2 atom stereocenters. The third kappa shape index (κ3) is 3.57. The summed E-state index contributed by atoms with van der Waals surface area (Å²) in [5.41, 5.74) is 0. The Morgan fingerprint density at radius 3 is 2.67 bits per heavy atom. The Morgan fingerprint density at radius 1 is 1.22 bits per heavy atom. The summed E-state index contributed by atoms with van der Waals surface area (Å²) in [5.74, 6) is -0.339. The highest BCUT2D eigenvalue weighted by Gasteiger charge is 2.36. The summed E-state index contributed by atoms with van der Waals surface area (Å²) in [5, 5.41) is 3.36. The van der Waals surface area contributed by atoms with Crippen molar-refractivity contribution in [2.24, 2.45) is 5.92 Å². The van der Waals surface area contributed by atoms with E-state index in [2.05, 4.69) is 21.6 Å². The lowest BCUT2D eigenvalue weighted by atomic mass is 10.0. The Labute approximate surface area is 108 Å². The van der Waals surface area contributed by atoms with E-state index in [0.29, 0.717) is 5.92 Å². The van der Waals surface area contributed by atoms with E-state index in [-0.39, 0.29) is 11.2 Å². The molecule has 1 heterocycles. The van der Waals surface area contributed by atoms with Crippen molar-refractivity contribution in [3.8, 4) is 0 Å². The van der Waals surface area contributed by atoms with Crippen molar-refractivity contribution in [2.75, 3.05) is 5.32 Å². The van der Waals surface area contributed by atoms with Crippen molar-refractivity contribution < 1.29 is 13.2 Å². The molecule has 2 rings (SSSR count). The maximum absolute atomic E-state index is 12.3. The number of nitrogens with one attached hydrogen (secondary N) is 1. The molecule has 1 aliphatic carbocycles. The van der Waals surface area contributed by atoms with Crippen molar-refractivity contribution in [3.63, 3.8) is 0 Å². The van der Waals surface area contributed by atoms with Crippen molar-refractivity contribution in [3.05, 3.63) is 5.82 Å². The number of alkyl halides is 3. The second-order valence-corrected chi connectivity index (χ2v) is 5.63. The number of nitrogens with zero attached hydrogens (tertiary/aromatic N) is 2.